The third-order valence-electron chi connectivity index (χ3n) is 7.76. The molecule has 0 aromatic heterocycles. The van der Waals surface area contributed by atoms with Gasteiger partial charge < -0.3 is 25.4 Å². The van der Waals surface area contributed by atoms with E-state index in [2.05, 4.69) is 16.0 Å². The molecule has 2 aromatic carbocycles. The molecular weight excluding hydrogens is 650 g/mol. The van der Waals surface area contributed by atoms with Crippen LogP contribution in [-0.2, 0) is 35.3 Å². The van der Waals surface area contributed by atoms with Crippen LogP contribution in [-0.4, -0.2) is 64.1 Å². The number of nitrogens with zero attached hydrogens (tertiary/aromatic N) is 2. The quantitative estimate of drug-likeness (QED) is 0.0468. The molecule has 50 heavy (non-hydrogen) atoms. The topological polar surface area (TPSA) is 203 Å². The molecule has 1 aliphatic heterocycles. The number of nitro benzene ring substituents is 1. The number of carbonyl (C=O) groups excluding carboxylic acids is 6. The first-order valence-electron chi connectivity index (χ1n) is 16.5. The first-order valence-corrected chi connectivity index (χ1v) is 16.5. The second-order valence-corrected chi connectivity index (χ2v) is 12.0. The molecule has 0 radical (unpaired) electrons. The van der Waals surface area contributed by atoms with E-state index in [1.165, 1.54) is 36.4 Å². The lowest BCUT2D eigenvalue weighted by atomic mass is 10.0. The van der Waals surface area contributed by atoms with Crippen LogP contribution in [0, 0.1) is 16.0 Å². The predicted octanol–water partition coefficient (Wildman–Crippen LogP) is 4.55. The Hall–Kier alpha value is -5.60. The second-order valence-electron chi connectivity index (χ2n) is 12.0. The van der Waals surface area contributed by atoms with Crippen molar-refractivity contribution in [3.8, 4) is 5.75 Å². The van der Waals surface area contributed by atoms with Crippen LogP contribution in [0.4, 0.5) is 16.2 Å². The van der Waals surface area contributed by atoms with Gasteiger partial charge in [-0.3, -0.25) is 39.0 Å². The molecule has 268 valence electrons. The summed E-state index contributed by atoms with van der Waals surface area (Å²) in [5.41, 5.74) is 0.906. The summed E-state index contributed by atoms with van der Waals surface area (Å²) in [5.74, 6) is -2.06. The molecule has 3 N–H and O–H groups in total. The van der Waals surface area contributed by atoms with Crippen molar-refractivity contribution < 1.29 is 43.2 Å². The van der Waals surface area contributed by atoms with Gasteiger partial charge in [-0.05, 0) is 55.0 Å². The highest BCUT2D eigenvalue weighted by Gasteiger charge is 2.29. The van der Waals surface area contributed by atoms with Gasteiger partial charge in [0.25, 0.3) is 17.5 Å². The Kier molecular flexibility index (Phi) is 15.1. The van der Waals surface area contributed by atoms with Crippen LogP contribution >= 0.6 is 0 Å². The number of ether oxygens (including phenoxy) is 2. The van der Waals surface area contributed by atoms with Crippen molar-refractivity contribution in [3.63, 3.8) is 0 Å². The van der Waals surface area contributed by atoms with Gasteiger partial charge in [0.1, 0.15) is 24.4 Å². The fraction of sp³-hybridized carbons (Fsp3) is 0.429. The van der Waals surface area contributed by atoms with E-state index in [0.717, 1.165) is 11.3 Å². The zero-order chi connectivity index (χ0) is 36.6. The van der Waals surface area contributed by atoms with Crippen molar-refractivity contribution in [1.82, 2.24) is 15.5 Å². The Morgan fingerprint density at radius 1 is 0.860 bits per heavy atom. The van der Waals surface area contributed by atoms with Gasteiger partial charge in [-0.15, -0.1) is 0 Å². The number of non-ortho nitro benzene ring substituents is 1. The maximum Gasteiger partial charge on any atom is 0.514 e. The van der Waals surface area contributed by atoms with E-state index in [0.29, 0.717) is 43.4 Å². The Bertz CT molecular complexity index is 1540. The monoisotopic (exact) mass is 693 g/mol. The van der Waals surface area contributed by atoms with Crippen molar-refractivity contribution in [2.24, 2.45) is 5.92 Å². The van der Waals surface area contributed by atoms with Gasteiger partial charge in [0, 0.05) is 42.9 Å². The Balaban J connectivity index is 1.46. The predicted molar refractivity (Wildman–Crippen MR) is 182 cm³/mol. The van der Waals surface area contributed by atoms with E-state index in [-0.39, 0.29) is 54.6 Å². The molecule has 1 aliphatic rings. The number of hydrogen-bond donors (Lipinski definition) is 3. The number of imide groups is 1. The zero-order valence-electron chi connectivity index (χ0n) is 28.3. The van der Waals surface area contributed by atoms with Crippen LogP contribution in [0.25, 0.3) is 0 Å². The third kappa shape index (κ3) is 12.5. The summed E-state index contributed by atoms with van der Waals surface area (Å²) in [7, 11) is 0. The van der Waals surface area contributed by atoms with Crippen LogP contribution in [0.15, 0.2) is 60.7 Å². The van der Waals surface area contributed by atoms with Crippen molar-refractivity contribution in [3.05, 3.63) is 76.4 Å². The van der Waals surface area contributed by atoms with E-state index in [1.807, 2.05) is 6.92 Å². The van der Waals surface area contributed by atoms with E-state index >= 15 is 0 Å². The maximum absolute atomic E-state index is 13.3. The molecule has 2 aromatic rings. The summed E-state index contributed by atoms with van der Waals surface area (Å²) in [6.07, 6.45) is 5.18. The average Bonchev–Trinajstić information content (AvgIpc) is 3.40. The Labute approximate surface area is 289 Å². The number of anilines is 1. The molecule has 5 amide bonds. The van der Waals surface area contributed by atoms with Crippen LogP contribution in [0.5, 0.6) is 5.75 Å². The summed E-state index contributed by atoms with van der Waals surface area (Å²) in [6.45, 7) is 5.71. The molecule has 2 atom stereocenters. The van der Waals surface area contributed by atoms with Gasteiger partial charge in [0.05, 0.1) is 4.92 Å². The molecular formula is C35H43N5O10. The molecule has 1 unspecified atom stereocenters. The fourth-order valence-corrected chi connectivity index (χ4v) is 4.92. The molecule has 0 fully saturated rings. The molecule has 15 heteroatoms. The Morgan fingerprint density at radius 2 is 1.52 bits per heavy atom. The van der Waals surface area contributed by atoms with Crippen molar-refractivity contribution in [2.75, 3.05) is 11.9 Å². The number of carbonyl (C=O) groups is 6. The van der Waals surface area contributed by atoms with Gasteiger partial charge in [-0.2, -0.15) is 0 Å². The average molecular weight is 694 g/mol. The summed E-state index contributed by atoms with van der Waals surface area (Å²) < 4.78 is 10.1. The number of rotatable bonds is 19. The first-order chi connectivity index (χ1) is 23.9. The molecule has 0 saturated carbocycles. The van der Waals surface area contributed by atoms with Crippen molar-refractivity contribution in [2.45, 2.75) is 84.4 Å². The largest absolute Gasteiger partial charge is 0.514 e. The van der Waals surface area contributed by atoms with Crippen LogP contribution in [0.3, 0.4) is 0 Å². The molecule has 15 nitrogen and oxygen atoms in total. The third-order valence-corrected chi connectivity index (χ3v) is 7.76. The highest BCUT2D eigenvalue weighted by molar-refractivity contribution is 6.12. The number of unbranched alkanes of at least 4 members (excludes halogenated alkanes) is 3. The first kappa shape index (κ1) is 38.8. The molecule has 0 saturated heterocycles. The lowest BCUT2D eigenvalue weighted by Crippen LogP contribution is -2.54. The van der Waals surface area contributed by atoms with Crippen molar-refractivity contribution >= 4 is 47.1 Å². The second kappa shape index (κ2) is 19.4. The van der Waals surface area contributed by atoms with Gasteiger partial charge in [-0.25, -0.2) is 4.79 Å². The number of benzene rings is 2. The minimum absolute atomic E-state index is 0.0864. The summed E-state index contributed by atoms with van der Waals surface area (Å²) in [4.78, 5) is 85.9. The Morgan fingerprint density at radius 3 is 2.12 bits per heavy atom. The number of nitro groups is 1. The normalized spacial score (nSPS) is 13.5. The lowest BCUT2D eigenvalue weighted by molar-refractivity contribution is -0.384. The summed E-state index contributed by atoms with van der Waals surface area (Å²) in [6, 6.07) is 9.75. The molecule has 0 bridgehead atoms. The van der Waals surface area contributed by atoms with Crippen LogP contribution < -0.4 is 20.7 Å². The van der Waals surface area contributed by atoms with E-state index in [4.69, 9.17) is 9.47 Å². The van der Waals surface area contributed by atoms with Gasteiger partial charge >= 0.3 is 6.16 Å². The number of nitrogens with one attached hydrogen (secondary N) is 3. The summed E-state index contributed by atoms with van der Waals surface area (Å²) >= 11 is 0. The summed E-state index contributed by atoms with van der Waals surface area (Å²) in [5, 5.41) is 19.1. The van der Waals surface area contributed by atoms with Crippen LogP contribution in [0.1, 0.15) is 71.3 Å². The van der Waals surface area contributed by atoms with E-state index in [9.17, 15) is 38.9 Å². The van der Waals surface area contributed by atoms with Crippen molar-refractivity contribution in [1.29, 1.82) is 0 Å². The van der Waals surface area contributed by atoms with Crippen LogP contribution in [0.2, 0.25) is 0 Å². The molecule has 1 heterocycles. The minimum Gasteiger partial charge on any atom is -0.429 e. The highest BCUT2D eigenvalue weighted by Crippen LogP contribution is 2.19. The highest BCUT2D eigenvalue weighted by atomic mass is 16.7. The SMILES string of the molecule is CCCCC(NC(=O)[C@@H](NC(=O)CCCCCN1C(=O)C=CC1=O)C(C)C)C(=O)Nc1ccc(COC(=O)Oc2ccc([N+](=O)[O-])cc2)cc1. The fourth-order valence-electron chi connectivity index (χ4n) is 4.92. The van der Waals surface area contributed by atoms with Gasteiger partial charge in [-0.1, -0.05) is 52.2 Å². The number of amides is 5. The van der Waals surface area contributed by atoms with Gasteiger partial charge in [0.15, 0.2) is 0 Å². The van der Waals surface area contributed by atoms with E-state index < -0.39 is 35.0 Å². The molecule has 3 rings (SSSR count). The number of hydrogen-bond acceptors (Lipinski definition) is 10. The zero-order valence-corrected chi connectivity index (χ0v) is 28.3. The maximum atomic E-state index is 13.3. The van der Waals surface area contributed by atoms with E-state index in [1.54, 1.807) is 38.1 Å². The molecule has 0 spiro atoms. The minimum atomic E-state index is -0.995. The van der Waals surface area contributed by atoms with Gasteiger partial charge in [0.2, 0.25) is 17.7 Å². The molecule has 0 aliphatic carbocycles. The smallest absolute Gasteiger partial charge is 0.429 e. The standard InChI is InChI=1S/C35H43N5O10/c1-4-5-9-28(37-34(45)32(23(2)3)38-29(41)10-7-6-8-21-39-30(42)19-20-31(39)43)33(44)36-25-13-11-24(12-14-25)22-49-35(46)50-27-17-15-26(16-18-27)40(47)48/h11-20,23,28,32H,4-10,21-22H2,1-3H3,(H,36,44)(H,37,45)(H,38,41)/t28?,32-/m0/s1. The lowest BCUT2D eigenvalue weighted by Gasteiger charge is -2.25.